The SMILES string of the molecule is NN(C(=O)c1ccc(C2(C(=O)O)CC2)cc1)C1CCCCC1. The number of hydrazine groups is 1. The molecule has 3 N–H and O–H groups in total. The van der Waals surface area contributed by atoms with Crippen LogP contribution in [0.5, 0.6) is 0 Å². The van der Waals surface area contributed by atoms with Gasteiger partial charge in [-0.1, -0.05) is 31.4 Å². The van der Waals surface area contributed by atoms with E-state index in [-0.39, 0.29) is 11.9 Å². The normalized spacial score (nSPS) is 20.4. The molecule has 5 heteroatoms. The molecule has 2 aliphatic carbocycles. The van der Waals surface area contributed by atoms with Gasteiger partial charge >= 0.3 is 5.97 Å². The van der Waals surface area contributed by atoms with E-state index in [2.05, 4.69) is 0 Å². The number of nitrogens with zero attached hydrogens (tertiary/aromatic N) is 1. The van der Waals surface area contributed by atoms with E-state index in [4.69, 9.17) is 5.84 Å². The van der Waals surface area contributed by atoms with Gasteiger partial charge in [-0.15, -0.1) is 0 Å². The fraction of sp³-hybridized carbons (Fsp3) is 0.529. The number of carboxylic acid groups (broad SMARTS) is 1. The molecule has 1 aromatic rings. The zero-order chi connectivity index (χ0) is 15.7. The van der Waals surface area contributed by atoms with Crippen LogP contribution in [0.3, 0.4) is 0 Å². The van der Waals surface area contributed by atoms with Crippen molar-refractivity contribution < 1.29 is 14.7 Å². The first-order valence-electron chi connectivity index (χ1n) is 7.97. The molecular weight excluding hydrogens is 280 g/mol. The standard InChI is InChI=1S/C17H22N2O3/c18-19(14-4-2-1-3-5-14)15(20)12-6-8-13(9-7-12)17(10-11-17)16(21)22/h6-9,14H,1-5,10-11,18H2,(H,21,22). The summed E-state index contributed by atoms with van der Waals surface area (Å²) in [7, 11) is 0. The van der Waals surface area contributed by atoms with Crippen molar-refractivity contribution >= 4 is 11.9 Å². The van der Waals surface area contributed by atoms with Crippen LogP contribution in [0.25, 0.3) is 0 Å². The third-order valence-electron chi connectivity index (χ3n) is 5.05. The first-order chi connectivity index (χ1) is 10.5. The summed E-state index contributed by atoms with van der Waals surface area (Å²) in [5, 5.41) is 10.7. The molecule has 1 amide bonds. The van der Waals surface area contributed by atoms with Gasteiger partial charge < -0.3 is 5.11 Å². The first-order valence-corrected chi connectivity index (χ1v) is 7.97. The van der Waals surface area contributed by atoms with Crippen LogP contribution in [-0.2, 0) is 10.2 Å². The van der Waals surface area contributed by atoms with Crippen molar-refractivity contribution in [3.8, 4) is 0 Å². The second-order valence-corrected chi connectivity index (χ2v) is 6.47. The van der Waals surface area contributed by atoms with Gasteiger partial charge in [-0.25, -0.2) is 5.84 Å². The Bertz CT molecular complexity index is 572. The van der Waals surface area contributed by atoms with Crippen molar-refractivity contribution in [2.75, 3.05) is 0 Å². The van der Waals surface area contributed by atoms with Crippen molar-refractivity contribution in [1.29, 1.82) is 0 Å². The summed E-state index contributed by atoms with van der Waals surface area (Å²) >= 11 is 0. The second-order valence-electron chi connectivity index (χ2n) is 6.47. The molecule has 1 aromatic carbocycles. The Morgan fingerprint density at radius 1 is 1.09 bits per heavy atom. The van der Waals surface area contributed by atoms with Crippen LogP contribution >= 0.6 is 0 Å². The number of carboxylic acids is 1. The van der Waals surface area contributed by atoms with Crippen LogP contribution in [0.2, 0.25) is 0 Å². The van der Waals surface area contributed by atoms with Crippen molar-refractivity contribution in [3.05, 3.63) is 35.4 Å². The Morgan fingerprint density at radius 3 is 2.18 bits per heavy atom. The number of carbonyl (C=O) groups is 2. The predicted molar refractivity (Wildman–Crippen MR) is 82.2 cm³/mol. The van der Waals surface area contributed by atoms with Crippen LogP contribution in [0, 0.1) is 0 Å². The number of nitrogens with two attached hydrogens (primary N) is 1. The highest BCUT2D eigenvalue weighted by molar-refractivity contribution is 5.94. The summed E-state index contributed by atoms with van der Waals surface area (Å²) in [6.07, 6.45) is 6.70. The zero-order valence-electron chi connectivity index (χ0n) is 12.6. The minimum Gasteiger partial charge on any atom is -0.481 e. The molecule has 118 valence electrons. The molecule has 0 unspecified atom stereocenters. The van der Waals surface area contributed by atoms with E-state index in [0.717, 1.165) is 31.2 Å². The minimum absolute atomic E-state index is 0.120. The molecule has 0 saturated heterocycles. The van der Waals surface area contributed by atoms with Gasteiger partial charge in [-0.2, -0.15) is 0 Å². The van der Waals surface area contributed by atoms with Gasteiger partial charge in [-0.05, 0) is 43.4 Å². The smallest absolute Gasteiger partial charge is 0.314 e. The fourth-order valence-electron chi connectivity index (χ4n) is 3.36. The van der Waals surface area contributed by atoms with Gasteiger partial charge in [0.2, 0.25) is 0 Å². The van der Waals surface area contributed by atoms with Gasteiger partial charge in [0.05, 0.1) is 5.41 Å². The maximum Gasteiger partial charge on any atom is 0.314 e. The lowest BCUT2D eigenvalue weighted by Gasteiger charge is -2.30. The van der Waals surface area contributed by atoms with Crippen molar-refractivity contribution in [1.82, 2.24) is 5.01 Å². The predicted octanol–water partition coefficient (Wildman–Crippen LogP) is 2.45. The molecule has 0 radical (unpaired) electrons. The van der Waals surface area contributed by atoms with Gasteiger partial charge in [0.25, 0.3) is 5.91 Å². The Morgan fingerprint density at radius 2 is 1.68 bits per heavy atom. The summed E-state index contributed by atoms with van der Waals surface area (Å²) in [4.78, 5) is 23.8. The number of rotatable bonds is 4. The average Bonchev–Trinajstić information content (AvgIpc) is 3.36. The topological polar surface area (TPSA) is 83.6 Å². The molecule has 0 aliphatic heterocycles. The van der Waals surface area contributed by atoms with Gasteiger partial charge in [-0.3, -0.25) is 14.6 Å². The maximum atomic E-state index is 12.4. The van der Waals surface area contributed by atoms with Crippen LogP contribution in [-0.4, -0.2) is 28.0 Å². The Labute approximate surface area is 130 Å². The summed E-state index contributed by atoms with van der Waals surface area (Å²) in [5.74, 6) is 5.03. The highest BCUT2D eigenvalue weighted by Gasteiger charge is 2.51. The van der Waals surface area contributed by atoms with E-state index in [1.165, 1.54) is 11.4 Å². The van der Waals surface area contributed by atoms with Crippen LogP contribution in [0.4, 0.5) is 0 Å². The lowest BCUT2D eigenvalue weighted by molar-refractivity contribution is -0.140. The van der Waals surface area contributed by atoms with Crippen LogP contribution in [0.15, 0.2) is 24.3 Å². The van der Waals surface area contributed by atoms with E-state index in [1.54, 1.807) is 24.3 Å². The second kappa shape index (κ2) is 5.72. The minimum atomic E-state index is -0.783. The molecular formula is C17H22N2O3. The molecule has 0 atom stereocenters. The highest BCUT2D eigenvalue weighted by Crippen LogP contribution is 2.48. The van der Waals surface area contributed by atoms with Crippen molar-refractivity contribution in [2.24, 2.45) is 5.84 Å². The summed E-state index contributed by atoms with van der Waals surface area (Å²) < 4.78 is 0. The van der Waals surface area contributed by atoms with E-state index >= 15 is 0 Å². The third kappa shape index (κ3) is 2.61. The van der Waals surface area contributed by atoms with Gasteiger partial charge in [0, 0.05) is 11.6 Å². The largest absolute Gasteiger partial charge is 0.481 e. The number of hydrogen-bond acceptors (Lipinski definition) is 3. The van der Waals surface area contributed by atoms with Gasteiger partial charge in [0.1, 0.15) is 0 Å². The number of amides is 1. The molecule has 22 heavy (non-hydrogen) atoms. The number of hydrogen-bond donors (Lipinski definition) is 2. The molecule has 3 rings (SSSR count). The molecule has 0 spiro atoms. The lowest BCUT2D eigenvalue weighted by Crippen LogP contribution is -2.46. The molecule has 0 heterocycles. The first kappa shape index (κ1) is 15.0. The molecule has 2 fully saturated rings. The van der Waals surface area contributed by atoms with E-state index in [0.29, 0.717) is 18.4 Å². The van der Waals surface area contributed by atoms with Crippen molar-refractivity contribution in [2.45, 2.75) is 56.4 Å². The third-order valence-corrected chi connectivity index (χ3v) is 5.05. The van der Waals surface area contributed by atoms with Crippen LogP contribution in [0.1, 0.15) is 60.9 Å². The van der Waals surface area contributed by atoms with E-state index in [1.807, 2.05) is 0 Å². The van der Waals surface area contributed by atoms with E-state index < -0.39 is 11.4 Å². The van der Waals surface area contributed by atoms with Crippen molar-refractivity contribution in [3.63, 3.8) is 0 Å². The molecule has 0 bridgehead atoms. The monoisotopic (exact) mass is 302 g/mol. The summed E-state index contributed by atoms with van der Waals surface area (Å²) in [6.45, 7) is 0. The quantitative estimate of drug-likeness (QED) is 0.508. The Balaban J connectivity index is 1.72. The van der Waals surface area contributed by atoms with Gasteiger partial charge in [0.15, 0.2) is 0 Å². The van der Waals surface area contributed by atoms with E-state index in [9.17, 15) is 14.7 Å². The molecule has 5 nitrogen and oxygen atoms in total. The fourth-order valence-corrected chi connectivity index (χ4v) is 3.36. The number of carbonyl (C=O) groups excluding carboxylic acids is 1. The molecule has 0 aromatic heterocycles. The number of benzene rings is 1. The summed E-state index contributed by atoms with van der Waals surface area (Å²) in [5.41, 5.74) is 0.573. The zero-order valence-corrected chi connectivity index (χ0v) is 12.6. The Hall–Kier alpha value is -1.88. The molecule has 2 aliphatic rings. The van der Waals surface area contributed by atoms with Crippen LogP contribution < -0.4 is 5.84 Å². The Kier molecular flexibility index (Phi) is 3.91. The highest BCUT2D eigenvalue weighted by atomic mass is 16.4. The average molecular weight is 302 g/mol. The number of aliphatic carboxylic acids is 1. The lowest BCUT2D eigenvalue weighted by atomic mass is 9.93. The molecule has 2 saturated carbocycles. The maximum absolute atomic E-state index is 12.4. The summed E-state index contributed by atoms with van der Waals surface area (Å²) in [6, 6.07) is 7.02.